The molecule has 1 aromatic heterocycles. The van der Waals surface area contributed by atoms with Gasteiger partial charge in [0.25, 0.3) is 5.91 Å². The molecule has 3 rings (SSSR count). The number of piperidine rings is 1. The second-order valence-electron chi connectivity index (χ2n) is 16.0. The Bertz CT molecular complexity index is 1560. The molecule has 1 aromatic carbocycles. The molecule has 7 atom stereocenters. The standard InChI is InChI=1S/C40H61N5O8S/c1-10-25(4)33(43-35(48)30-18-14-15-19-45(30)39(52)53-40(6,7)8)37(49)44(9)31(24(2)3)22-32(46)36-42-29(23-54-36)34(47)41-28(20-26(5)38(50)51)21-27-16-12-11-13-17-27/h11-13,16-17,23-26,28,30-33,46H,10,14-15,18-22H2,1-9H3,(H,41,47)(H,43,48)(H,50,51). The van der Waals surface area contributed by atoms with Crippen LogP contribution in [-0.2, 0) is 25.5 Å². The minimum atomic E-state index is -1.09. The zero-order valence-corrected chi connectivity index (χ0v) is 34.2. The molecule has 4 N–H and O–H groups in total. The number of carbonyl (C=O) groups is 5. The van der Waals surface area contributed by atoms with Crippen molar-refractivity contribution in [3.05, 3.63) is 52.0 Å². The van der Waals surface area contributed by atoms with Crippen molar-refractivity contribution in [1.29, 1.82) is 0 Å². The van der Waals surface area contributed by atoms with E-state index >= 15 is 0 Å². The summed E-state index contributed by atoms with van der Waals surface area (Å²) in [5, 5.41) is 28.7. The summed E-state index contributed by atoms with van der Waals surface area (Å²) in [6.07, 6.45) is 1.77. The van der Waals surface area contributed by atoms with Crippen LogP contribution in [0, 0.1) is 17.8 Å². The molecular weight excluding hydrogens is 711 g/mol. The number of likely N-dealkylation sites (tertiary alicyclic amines) is 1. The number of rotatable bonds is 17. The van der Waals surface area contributed by atoms with Crippen molar-refractivity contribution in [2.24, 2.45) is 17.8 Å². The van der Waals surface area contributed by atoms with Crippen LogP contribution in [0.3, 0.4) is 0 Å². The molecule has 13 nitrogen and oxygen atoms in total. The van der Waals surface area contributed by atoms with Crippen molar-refractivity contribution >= 4 is 41.1 Å². The molecule has 300 valence electrons. The second-order valence-corrected chi connectivity index (χ2v) is 16.9. The average Bonchev–Trinajstić information content (AvgIpc) is 3.62. The zero-order valence-electron chi connectivity index (χ0n) is 33.3. The minimum Gasteiger partial charge on any atom is -0.481 e. The molecule has 1 fully saturated rings. The first-order valence-corrected chi connectivity index (χ1v) is 20.0. The number of hydrogen-bond acceptors (Lipinski definition) is 9. The van der Waals surface area contributed by atoms with Gasteiger partial charge in [0.15, 0.2) is 0 Å². The number of likely N-dealkylation sites (N-methyl/N-ethyl adjacent to an activating group) is 1. The van der Waals surface area contributed by atoms with Crippen LogP contribution in [-0.4, -0.2) is 98.1 Å². The number of aliphatic hydroxyl groups is 1. The van der Waals surface area contributed by atoms with E-state index in [0.717, 1.165) is 29.7 Å². The molecule has 0 radical (unpaired) electrons. The first kappa shape index (κ1) is 44.4. The molecule has 4 amide bonds. The van der Waals surface area contributed by atoms with Gasteiger partial charge >= 0.3 is 12.1 Å². The van der Waals surface area contributed by atoms with E-state index in [0.29, 0.717) is 30.8 Å². The lowest BCUT2D eigenvalue weighted by atomic mass is 9.92. The van der Waals surface area contributed by atoms with E-state index in [2.05, 4.69) is 15.6 Å². The predicted molar refractivity (Wildman–Crippen MR) is 208 cm³/mol. The SMILES string of the molecule is CCC(C)C(NC(=O)C1CCCCN1C(=O)OC(C)(C)C)C(=O)N(C)C(CC(O)c1nc(C(=O)NC(Cc2ccccc2)CC(C)C(=O)O)cs1)C(C)C. The lowest BCUT2D eigenvalue weighted by molar-refractivity contribution is -0.141. The van der Waals surface area contributed by atoms with Gasteiger partial charge < -0.3 is 30.5 Å². The Balaban J connectivity index is 1.73. The van der Waals surface area contributed by atoms with Gasteiger partial charge in [-0.2, -0.15) is 0 Å². The van der Waals surface area contributed by atoms with E-state index in [1.165, 1.54) is 4.90 Å². The number of benzene rings is 1. The highest BCUT2D eigenvalue weighted by Crippen LogP contribution is 2.29. The third-order valence-electron chi connectivity index (χ3n) is 10.0. The molecule has 7 unspecified atom stereocenters. The number of nitrogens with zero attached hydrogens (tertiary/aromatic N) is 3. The number of amides is 4. The van der Waals surface area contributed by atoms with Gasteiger partial charge in [0.2, 0.25) is 11.8 Å². The van der Waals surface area contributed by atoms with Gasteiger partial charge in [-0.1, -0.05) is 71.4 Å². The fraction of sp³-hybridized carbons (Fsp3) is 0.650. The van der Waals surface area contributed by atoms with Crippen molar-refractivity contribution in [3.63, 3.8) is 0 Å². The third-order valence-corrected chi connectivity index (χ3v) is 11.0. The number of aliphatic hydroxyl groups excluding tert-OH is 1. The number of aromatic nitrogens is 1. The number of aliphatic carboxylic acids is 1. The van der Waals surface area contributed by atoms with Crippen LogP contribution < -0.4 is 10.6 Å². The zero-order chi connectivity index (χ0) is 40.3. The van der Waals surface area contributed by atoms with Crippen molar-refractivity contribution in [1.82, 2.24) is 25.4 Å². The highest BCUT2D eigenvalue weighted by atomic mass is 32.1. The Labute approximate surface area is 324 Å². The van der Waals surface area contributed by atoms with Crippen molar-refractivity contribution < 1.29 is 38.9 Å². The molecular formula is C40H61N5O8S. The van der Waals surface area contributed by atoms with Crippen LogP contribution in [0.1, 0.15) is 121 Å². The number of carbonyl (C=O) groups excluding carboxylic acids is 4. The van der Waals surface area contributed by atoms with Gasteiger partial charge in [-0.15, -0.1) is 11.3 Å². The Morgan fingerprint density at radius 3 is 2.30 bits per heavy atom. The van der Waals surface area contributed by atoms with E-state index in [4.69, 9.17) is 4.74 Å². The maximum atomic E-state index is 14.2. The predicted octanol–water partition coefficient (Wildman–Crippen LogP) is 5.82. The largest absolute Gasteiger partial charge is 0.481 e. The maximum Gasteiger partial charge on any atom is 0.410 e. The summed E-state index contributed by atoms with van der Waals surface area (Å²) < 4.78 is 5.58. The van der Waals surface area contributed by atoms with Gasteiger partial charge in [0.05, 0.1) is 5.92 Å². The number of thiazole rings is 1. The first-order valence-electron chi connectivity index (χ1n) is 19.1. The lowest BCUT2D eigenvalue weighted by Gasteiger charge is -2.39. The number of ether oxygens (including phenoxy) is 1. The summed E-state index contributed by atoms with van der Waals surface area (Å²) in [6.45, 7) is 15.1. The van der Waals surface area contributed by atoms with Crippen LogP contribution >= 0.6 is 11.3 Å². The second kappa shape index (κ2) is 20.0. The number of nitrogens with one attached hydrogen (secondary N) is 2. The highest BCUT2D eigenvalue weighted by molar-refractivity contribution is 7.09. The average molecular weight is 772 g/mol. The minimum absolute atomic E-state index is 0.0828. The summed E-state index contributed by atoms with van der Waals surface area (Å²) in [6, 6.07) is 6.98. The fourth-order valence-corrected chi connectivity index (χ4v) is 7.49. The van der Waals surface area contributed by atoms with Crippen molar-refractivity contribution in [2.45, 2.75) is 136 Å². The Morgan fingerprint density at radius 2 is 1.70 bits per heavy atom. The topological polar surface area (TPSA) is 178 Å². The molecule has 2 aromatic rings. The van der Waals surface area contributed by atoms with E-state index in [1.807, 2.05) is 58.0 Å². The Hall–Kier alpha value is -4.04. The molecule has 1 saturated heterocycles. The van der Waals surface area contributed by atoms with Crippen LogP contribution in [0.4, 0.5) is 4.79 Å². The van der Waals surface area contributed by atoms with Gasteiger partial charge in [0.1, 0.15) is 34.5 Å². The first-order chi connectivity index (χ1) is 25.3. The monoisotopic (exact) mass is 771 g/mol. The highest BCUT2D eigenvalue weighted by Gasteiger charge is 2.39. The van der Waals surface area contributed by atoms with Gasteiger partial charge in [0, 0.05) is 37.5 Å². The normalized spacial score (nSPS) is 18.1. The van der Waals surface area contributed by atoms with Crippen LogP contribution in [0.25, 0.3) is 0 Å². The molecule has 0 spiro atoms. The third kappa shape index (κ3) is 12.8. The van der Waals surface area contributed by atoms with Gasteiger partial charge in [-0.3, -0.25) is 24.1 Å². The number of carboxylic acid groups (broad SMARTS) is 1. The fourth-order valence-electron chi connectivity index (χ4n) is 6.69. The molecule has 1 aliphatic rings. The summed E-state index contributed by atoms with van der Waals surface area (Å²) in [7, 11) is 1.67. The number of carboxylic acids is 1. The molecule has 0 bridgehead atoms. The van der Waals surface area contributed by atoms with Gasteiger partial charge in [-0.25, -0.2) is 9.78 Å². The number of hydrogen-bond donors (Lipinski definition) is 4. The lowest BCUT2D eigenvalue weighted by Crippen LogP contribution is -2.59. The summed E-state index contributed by atoms with van der Waals surface area (Å²) >= 11 is 1.14. The van der Waals surface area contributed by atoms with Crippen LogP contribution in [0.15, 0.2) is 35.7 Å². The van der Waals surface area contributed by atoms with Gasteiger partial charge in [-0.05, 0) is 70.3 Å². The molecule has 0 saturated carbocycles. The molecule has 1 aliphatic heterocycles. The van der Waals surface area contributed by atoms with Crippen LogP contribution in [0.5, 0.6) is 0 Å². The molecule has 14 heteroatoms. The molecule has 0 aliphatic carbocycles. The molecule has 54 heavy (non-hydrogen) atoms. The van der Waals surface area contributed by atoms with E-state index < -0.39 is 65.7 Å². The smallest absolute Gasteiger partial charge is 0.410 e. The maximum absolute atomic E-state index is 14.2. The molecule has 2 heterocycles. The summed E-state index contributed by atoms with van der Waals surface area (Å²) in [5.74, 6) is -3.09. The van der Waals surface area contributed by atoms with E-state index in [-0.39, 0.29) is 36.3 Å². The Kier molecular flexibility index (Phi) is 16.5. The van der Waals surface area contributed by atoms with E-state index in [1.54, 1.807) is 45.0 Å². The summed E-state index contributed by atoms with van der Waals surface area (Å²) in [4.78, 5) is 73.4. The van der Waals surface area contributed by atoms with Crippen molar-refractivity contribution in [2.75, 3.05) is 13.6 Å². The summed E-state index contributed by atoms with van der Waals surface area (Å²) in [5.41, 5.74) is 0.355. The Morgan fingerprint density at radius 1 is 1.04 bits per heavy atom. The quantitative estimate of drug-likeness (QED) is 0.154. The van der Waals surface area contributed by atoms with Crippen LogP contribution in [0.2, 0.25) is 0 Å². The van der Waals surface area contributed by atoms with E-state index in [9.17, 15) is 34.2 Å². The van der Waals surface area contributed by atoms with Crippen molar-refractivity contribution in [3.8, 4) is 0 Å².